The van der Waals surface area contributed by atoms with Crippen LogP contribution in [0.5, 0.6) is 11.5 Å². The number of dihydropyridines is 1. The van der Waals surface area contributed by atoms with Crippen molar-refractivity contribution in [2.75, 3.05) is 19.5 Å². The molecule has 2 N–H and O–H groups in total. The molecule has 0 aliphatic carbocycles. The fourth-order valence-electron chi connectivity index (χ4n) is 3.04. The largest absolute Gasteiger partial charge is 0.496 e. The Kier molecular flexibility index (Phi) is 4.72. The summed E-state index contributed by atoms with van der Waals surface area (Å²) in [7, 11) is 3.03. The van der Waals surface area contributed by atoms with Crippen LogP contribution in [0.3, 0.4) is 0 Å². The first-order chi connectivity index (χ1) is 13.7. The van der Waals surface area contributed by atoms with Crippen LogP contribution in [-0.2, 0) is 4.74 Å². The molecule has 4 rings (SSSR count). The van der Waals surface area contributed by atoms with E-state index in [9.17, 15) is 4.79 Å². The Morgan fingerprint density at radius 3 is 2.61 bits per heavy atom. The lowest BCUT2D eigenvalue weighted by atomic mass is 10.1. The zero-order valence-corrected chi connectivity index (χ0v) is 15.4. The molecular weight excluding hydrogens is 358 g/mol. The number of benzene rings is 2. The Hall–Kier alpha value is -3.74. The lowest BCUT2D eigenvalue weighted by molar-refractivity contribution is 0.102. The topological polar surface area (TPSA) is 81.2 Å². The minimum Gasteiger partial charge on any atom is -0.496 e. The third kappa shape index (κ3) is 3.29. The normalized spacial score (nSPS) is 16.9. The van der Waals surface area contributed by atoms with E-state index in [0.29, 0.717) is 28.6 Å². The molecule has 2 heterocycles. The van der Waals surface area contributed by atoms with E-state index in [0.717, 1.165) is 11.3 Å². The van der Waals surface area contributed by atoms with Crippen LogP contribution in [0, 0.1) is 0 Å². The monoisotopic (exact) mass is 377 g/mol. The van der Waals surface area contributed by atoms with Gasteiger partial charge >= 0.3 is 0 Å². The fraction of sp³-hybridized carbons (Fsp3) is 0.143. The van der Waals surface area contributed by atoms with E-state index in [-0.39, 0.29) is 12.1 Å². The summed E-state index contributed by atoms with van der Waals surface area (Å²) in [6.45, 7) is 0. The van der Waals surface area contributed by atoms with Gasteiger partial charge in [-0.25, -0.2) is 4.99 Å². The minimum absolute atomic E-state index is 0.212. The molecule has 1 atom stereocenters. The van der Waals surface area contributed by atoms with Crippen molar-refractivity contribution in [1.29, 1.82) is 0 Å². The second-order valence-corrected chi connectivity index (χ2v) is 6.11. The highest BCUT2D eigenvalue weighted by atomic mass is 16.5. The number of carbonyl (C=O) groups is 1. The van der Waals surface area contributed by atoms with E-state index in [4.69, 9.17) is 14.2 Å². The van der Waals surface area contributed by atoms with Gasteiger partial charge in [-0.15, -0.1) is 0 Å². The highest BCUT2D eigenvalue weighted by molar-refractivity contribution is 6.08. The van der Waals surface area contributed by atoms with Crippen LogP contribution < -0.4 is 20.1 Å². The molecule has 1 unspecified atom stereocenters. The zero-order chi connectivity index (χ0) is 19.5. The fourth-order valence-corrected chi connectivity index (χ4v) is 3.04. The number of carbonyl (C=O) groups excluding carboxylic acids is 1. The molecule has 7 nitrogen and oxygen atoms in total. The molecule has 0 fully saturated rings. The lowest BCUT2D eigenvalue weighted by Gasteiger charge is -2.13. The maximum atomic E-state index is 12.9. The molecule has 2 aromatic carbocycles. The summed E-state index contributed by atoms with van der Waals surface area (Å²) in [5, 5.41) is 6.00. The molecule has 2 aliphatic rings. The smallest absolute Gasteiger partial charge is 0.263 e. The first kappa shape index (κ1) is 17.7. The standard InChI is InChI=1S/C21H19N3O4/c1-26-15-8-4-9-16(27-2)18(15)20(25)23-14-7-3-6-13(12-14)21-24-19-17(28-21)10-5-11-22-19/h3-12,19,22H,1-2H3,(H,23,25). The van der Waals surface area contributed by atoms with Crippen molar-refractivity contribution >= 4 is 17.5 Å². The second kappa shape index (κ2) is 7.48. The number of amides is 1. The van der Waals surface area contributed by atoms with Gasteiger partial charge in [0.05, 0.1) is 14.2 Å². The minimum atomic E-state index is -0.331. The van der Waals surface area contributed by atoms with Crippen molar-refractivity contribution in [2.24, 2.45) is 4.99 Å². The van der Waals surface area contributed by atoms with E-state index in [1.807, 2.05) is 36.6 Å². The van der Waals surface area contributed by atoms with E-state index in [1.54, 1.807) is 24.3 Å². The second-order valence-electron chi connectivity index (χ2n) is 6.11. The van der Waals surface area contributed by atoms with Gasteiger partial charge < -0.3 is 24.8 Å². The van der Waals surface area contributed by atoms with Crippen LogP contribution in [-0.4, -0.2) is 32.2 Å². The maximum Gasteiger partial charge on any atom is 0.263 e. The van der Waals surface area contributed by atoms with Gasteiger partial charge in [0, 0.05) is 11.3 Å². The van der Waals surface area contributed by atoms with Crippen LogP contribution in [0.25, 0.3) is 0 Å². The predicted molar refractivity (Wildman–Crippen MR) is 106 cm³/mol. The van der Waals surface area contributed by atoms with Crippen LogP contribution in [0.1, 0.15) is 15.9 Å². The summed E-state index contributed by atoms with van der Waals surface area (Å²) >= 11 is 0. The first-order valence-electron chi connectivity index (χ1n) is 8.71. The van der Waals surface area contributed by atoms with Gasteiger partial charge in [0.2, 0.25) is 5.90 Å². The molecule has 2 aliphatic heterocycles. The highest BCUT2D eigenvalue weighted by Crippen LogP contribution is 2.29. The number of methoxy groups -OCH3 is 2. The number of fused-ring (bicyclic) bond motifs is 1. The Labute approximate surface area is 162 Å². The molecular formula is C21H19N3O4. The lowest BCUT2D eigenvalue weighted by Crippen LogP contribution is -2.23. The van der Waals surface area contributed by atoms with Gasteiger partial charge in [0.1, 0.15) is 17.1 Å². The maximum absolute atomic E-state index is 12.9. The SMILES string of the molecule is COc1cccc(OC)c1C(=O)Nc1cccc(C2=NC3NC=CC=C3O2)c1. The van der Waals surface area contributed by atoms with E-state index < -0.39 is 0 Å². The molecule has 0 spiro atoms. The van der Waals surface area contributed by atoms with Crippen LogP contribution >= 0.6 is 0 Å². The summed E-state index contributed by atoms with van der Waals surface area (Å²) in [6.07, 6.45) is 5.34. The molecule has 0 radical (unpaired) electrons. The molecule has 2 aromatic rings. The molecule has 0 bridgehead atoms. The number of nitrogens with zero attached hydrogens (tertiary/aromatic N) is 1. The average molecular weight is 377 g/mol. The Balaban J connectivity index is 1.58. The van der Waals surface area contributed by atoms with E-state index in [2.05, 4.69) is 15.6 Å². The zero-order valence-electron chi connectivity index (χ0n) is 15.4. The first-order valence-corrected chi connectivity index (χ1v) is 8.71. The van der Waals surface area contributed by atoms with Crippen molar-refractivity contribution in [1.82, 2.24) is 5.32 Å². The van der Waals surface area contributed by atoms with Gasteiger partial charge in [-0.3, -0.25) is 4.79 Å². The highest BCUT2D eigenvalue weighted by Gasteiger charge is 2.26. The average Bonchev–Trinajstić information content (AvgIpc) is 3.17. The Morgan fingerprint density at radius 1 is 1.14 bits per heavy atom. The van der Waals surface area contributed by atoms with Gasteiger partial charge in [-0.1, -0.05) is 12.1 Å². The van der Waals surface area contributed by atoms with Crippen molar-refractivity contribution < 1.29 is 19.0 Å². The quantitative estimate of drug-likeness (QED) is 0.837. The number of aliphatic imine (C=N–C) groups is 1. The number of nitrogens with one attached hydrogen (secondary N) is 2. The molecule has 7 heteroatoms. The Bertz CT molecular complexity index is 988. The molecule has 1 amide bonds. The third-order valence-electron chi connectivity index (χ3n) is 4.36. The number of rotatable bonds is 5. The molecule has 142 valence electrons. The number of hydrogen-bond acceptors (Lipinski definition) is 6. The van der Waals surface area contributed by atoms with Crippen molar-refractivity contribution in [3.05, 3.63) is 77.7 Å². The van der Waals surface area contributed by atoms with Crippen LogP contribution in [0.2, 0.25) is 0 Å². The number of allylic oxidation sites excluding steroid dienone is 2. The number of anilines is 1. The van der Waals surface area contributed by atoms with E-state index >= 15 is 0 Å². The van der Waals surface area contributed by atoms with Gasteiger partial charge in [-0.2, -0.15) is 0 Å². The molecule has 0 aromatic heterocycles. The summed E-state index contributed by atoms with van der Waals surface area (Å²) < 4.78 is 16.4. The van der Waals surface area contributed by atoms with Crippen molar-refractivity contribution in [3.63, 3.8) is 0 Å². The Morgan fingerprint density at radius 2 is 1.89 bits per heavy atom. The number of ether oxygens (including phenoxy) is 3. The van der Waals surface area contributed by atoms with Crippen LogP contribution in [0.4, 0.5) is 5.69 Å². The van der Waals surface area contributed by atoms with Gasteiger partial charge in [0.15, 0.2) is 11.9 Å². The van der Waals surface area contributed by atoms with Crippen molar-refractivity contribution in [2.45, 2.75) is 6.17 Å². The van der Waals surface area contributed by atoms with Gasteiger partial charge in [0.25, 0.3) is 5.91 Å². The molecule has 28 heavy (non-hydrogen) atoms. The van der Waals surface area contributed by atoms with Crippen molar-refractivity contribution in [3.8, 4) is 11.5 Å². The summed E-state index contributed by atoms with van der Waals surface area (Å²) in [5.74, 6) is 1.78. The third-order valence-corrected chi connectivity index (χ3v) is 4.36. The predicted octanol–water partition coefficient (Wildman–Crippen LogP) is 3.06. The van der Waals surface area contributed by atoms with Crippen LogP contribution in [0.15, 0.2) is 71.6 Å². The summed E-state index contributed by atoms with van der Waals surface area (Å²) in [5.41, 5.74) is 1.71. The summed E-state index contributed by atoms with van der Waals surface area (Å²) in [4.78, 5) is 17.4. The number of hydrogen-bond donors (Lipinski definition) is 2. The van der Waals surface area contributed by atoms with E-state index in [1.165, 1.54) is 14.2 Å². The summed E-state index contributed by atoms with van der Waals surface area (Å²) in [6, 6.07) is 12.5. The molecule has 0 saturated carbocycles. The van der Waals surface area contributed by atoms with Gasteiger partial charge in [-0.05, 0) is 48.7 Å². The molecule has 0 saturated heterocycles.